The summed E-state index contributed by atoms with van der Waals surface area (Å²) >= 11 is -1.16. The van der Waals surface area contributed by atoms with Gasteiger partial charge in [-0.25, -0.2) is 0 Å². The van der Waals surface area contributed by atoms with Crippen LogP contribution >= 0.6 is 0 Å². The molecule has 0 heterocycles. The lowest BCUT2D eigenvalue weighted by Gasteiger charge is -2.19. The van der Waals surface area contributed by atoms with Gasteiger partial charge in [-0.1, -0.05) is 103 Å². The molecule has 0 amide bonds. The first-order chi connectivity index (χ1) is 17.2. The predicted octanol–water partition coefficient (Wildman–Crippen LogP) is 9.34. The van der Waals surface area contributed by atoms with Gasteiger partial charge in [0.25, 0.3) is 0 Å². The third-order valence-electron chi connectivity index (χ3n) is 7.05. The van der Waals surface area contributed by atoms with Crippen LogP contribution < -0.4 is 7.58 Å². The molecule has 2 rings (SSSR count). The first-order valence-electron chi connectivity index (χ1n) is 14.7. The van der Waals surface area contributed by atoms with Crippen molar-refractivity contribution in [3.8, 4) is 11.5 Å². The maximum Gasteiger partial charge on any atom is 0.832 e. The molecule has 0 aliphatic carbocycles. The topological polar surface area (TPSA) is 18.5 Å². The van der Waals surface area contributed by atoms with Gasteiger partial charge in [0.15, 0.2) is 0 Å². The van der Waals surface area contributed by atoms with E-state index in [1.807, 2.05) is 0 Å². The zero-order chi connectivity index (χ0) is 25.1. The lowest BCUT2D eigenvalue weighted by molar-refractivity contribution is 0.450. The van der Waals surface area contributed by atoms with E-state index in [2.05, 4.69) is 64.1 Å². The summed E-state index contributed by atoms with van der Waals surface area (Å²) in [6.07, 6.45) is 19.8. The van der Waals surface area contributed by atoms with E-state index in [1.54, 1.807) is 0 Å². The first kappa shape index (κ1) is 29.8. The second-order valence-electron chi connectivity index (χ2n) is 10.0. The maximum absolute atomic E-state index is 6.45. The molecule has 0 radical (unpaired) electrons. The van der Waals surface area contributed by atoms with Crippen LogP contribution in [-0.2, 0) is 25.7 Å². The summed E-state index contributed by atoms with van der Waals surface area (Å²) in [4.78, 5) is 0. The van der Waals surface area contributed by atoms with Crippen molar-refractivity contribution >= 4 is 15.9 Å². The summed E-state index contributed by atoms with van der Waals surface area (Å²) in [6, 6.07) is 13.3. The maximum atomic E-state index is 6.45. The van der Waals surface area contributed by atoms with Gasteiger partial charge in [0, 0.05) is 0 Å². The monoisotopic (exact) mass is 494 g/mol. The van der Waals surface area contributed by atoms with Gasteiger partial charge >= 0.3 is 15.9 Å². The van der Waals surface area contributed by atoms with E-state index < -0.39 is 15.9 Å². The van der Waals surface area contributed by atoms with Crippen LogP contribution in [0.2, 0.25) is 0 Å². The highest BCUT2D eigenvalue weighted by Crippen LogP contribution is 2.29. The molecule has 0 unspecified atom stereocenters. The molecule has 0 aliphatic heterocycles. The molecule has 194 valence electrons. The molecule has 0 saturated carbocycles. The van der Waals surface area contributed by atoms with E-state index in [0.717, 1.165) is 37.2 Å². The zero-order valence-electron chi connectivity index (χ0n) is 23.3. The van der Waals surface area contributed by atoms with Gasteiger partial charge in [-0.3, -0.25) is 0 Å². The molecule has 0 saturated heterocycles. The van der Waals surface area contributed by atoms with Crippen LogP contribution in [0.5, 0.6) is 11.5 Å². The van der Waals surface area contributed by atoms with Crippen LogP contribution in [0.3, 0.4) is 0 Å². The van der Waals surface area contributed by atoms with E-state index >= 15 is 0 Å². The number of hydrogen-bond acceptors (Lipinski definition) is 2. The standard InChI is InChI=1S/2C16H26O.Al.H/c2*1-3-5-7-10-14-11-9-13-16(17)15(14)12-8-6-4-2;;/h2*9,11,13,17H,3-8,10,12H2,1-2H3;;/q;;+2;/p-2. The summed E-state index contributed by atoms with van der Waals surface area (Å²) in [5.74, 6) is 2.15. The lowest BCUT2D eigenvalue weighted by atomic mass is 9.96. The van der Waals surface area contributed by atoms with Crippen LogP contribution in [0, 0.1) is 0 Å². The van der Waals surface area contributed by atoms with E-state index in [0.29, 0.717) is 0 Å². The SMILES string of the molecule is CCCCCc1cccc([O][AlH][O]c2cccc(CCCCC)c2CCCCC)c1CCCCC. The van der Waals surface area contributed by atoms with Gasteiger partial charge in [-0.05, 0) is 85.8 Å². The fourth-order valence-electron chi connectivity index (χ4n) is 4.92. The Bertz CT molecular complexity index is 750. The average Bonchev–Trinajstić information content (AvgIpc) is 2.87. The van der Waals surface area contributed by atoms with Crippen molar-refractivity contribution in [1.29, 1.82) is 0 Å². The van der Waals surface area contributed by atoms with E-state index in [1.165, 1.54) is 99.3 Å². The molecule has 35 heavy (non-hydrogen) atoms. The van der Waals surface area contributed by atoms with Crippen LogP contribution in [0.25, 0.3) is 0 Å². The first-order valence-corrected chi connectivity index (χ1v) is 15.9. The molecule has 0 N–H and O–H groups in total. The van der Waals surface area contributed by atoms with E-state index in [9.17, 15) is 0 Å². The van der Waals surface area contributed by atoms with E-state index in [4.69, 9.17) is 7.58 Å². The fraction of sp³-hybridized carbons (Fsp3) is 0.625. The molecule has 0 aromatic heterocycles. The molecule has 2 aromatic rings. The molecule has 2 nitrogen and oxygen atoms in total. The Morgan fingerprint density at radius 3 is 1.23 bits per heavy atom. The second kappa shape index (κ2) is 18.8. The third kappa shape index (κ3) is 11.0. The fourth-order valence-corrected chi connectivity index (χ4v) is 5.77. The Morgan fingerprint density at radius 2 is 0.857 bits per heavy atom. The Morgan fingerprint density at radius 1 is 0.486 bits per heavy atom. The van der Waals surface area contributed by atoms with Gasteiger partial charge in [-0.15, -0.1) is 0 Å². The number of benzene rings is 2. The zero-order valence-corrected chi connectivity index (χ0v) is 24.7. The summed E-state index contributed by atoms with van der Waals surface area (Å²) in [7, 11) is 0. The smallest absolute Gasteiger partial charge is 0.614 e. The normalized spacial score (nSPS) is 11.0. The minimum absolute atomic E-state index is 1.08. The number of hydrogen-bond donors (Lipinski definition) is 0. The van der Waals surface area contributed by atoms with Crippen molar-refractivity contribution in [2.75, 3.05) is 0 Å². The van der Waals surface area contributed by atoms with Gasteiger partial charge in [0.2, 0.25) is 0 Å². The molecular formula is C32H51AlO2. The number of aryl methyl sites for hydroxylation is 2. The van der Waals surface area contributed by atoms with Crippen molar-refractivity contribution in [1.82, 2.24) is 0 Å². The third-order valence-corrected chi connectivity index (χ3v) is 7.91. The van der Waals surface area contributed by atoms with Crippen LogP contribution in [0.4, 0.5) is 0 Å². The van der Waals surface area contributed by atoms with Gasteiger partial charge in [0.05, 0.1) is 11.5 Å². The van der Waals surface area contributed by atoms with Crippen molar-refractivity contribution in [3.05, 3.63) is 58.7 Å². The summed E-state index contributed by atoms with van der Waals surface area (Å²) in [6.45, 7) is 9.11. The molecule has 0 aliphatic rings. The number of unbranched alkanes of at least 4 members (excludes halogenated alkanes) is 8. The summed E-state index contributed by atoms with van der Waals surface area (Å²) in [5, 5.41) is 0. The summed E-state index contributed by atoms with van der Waals surface area (Å²) < 4.78 is 12.9. The van der Waals surface area contributed by atoms with Crippen molar-refractivity contribution < 1.29 is 7.58 Å². The average molecular weight is 495 g/mol. The van der Waals surface area contributed by atoms with Crippen LogP contribution in [0.15, 0.2) is 36.4 Å². The van der Waals surface area contributed by atoms with Crippen LogP contribution in [0.1, 0.15) is 127 Å². The van der Waals surface area contributed by atoms with Crippen molar-refractivity contribution in [2.24, 2.45) is 0 Å². The van der Waals surface area contributed by atoms with Gasteiger partial charge in [-0.2, -0.15) is 0 Å². The molecule has 2 aromatic carbocycles. The highest BCUT2D eigenvalue weighted by molar-refractivity contribution is 6.20. The van der Waals surface area contributed by atoms with Crippen molar-refractivity contribution in [2.45, 2.75) is 130 Å². The molecular weight excluding hydrogens is 443 g/mol. The van der Waals surface area contributed by atoms with Crippen molar-refractivity contribution in [3.63, 3.8) is 0 Å². The summed E-state index contributed by atoms with van der Waals surface area (Å²) in [5.41, 5.74) is 5.84. The Labute approximate surface area is 223 Å². The molecule has 0 atom stereocenters. The largest absolute Gasteiger partial charge is 0.832 e. The molecule has 3 heteroatoms. The molecule has 0 fully saturated rings. The Balaban J connectivity index is 2.12. The second-order valence-corrected chi connectivity index (χ2v) is 10.8. The predicted molar refractivity (Wildman–Crippen MR) is 154 cm³/mol. The highest BCUT2D eigenvalue weighted by Gasteiger charge is 2.15. The Hall–Kier alpha value is -1.43. The number of rotatable bonds is 20. The van der Waals surface area contributed by atoms with Crippen LogP contribution in [-0.4, -0.2) is 15.9 Å². The van der Waals surface area contributed by atoms with Gasteiger partial charge < -0.3 is 7.58 Å². The minimum atomic E-state index is -1.16. The molecule has 0 bridgehead atoms. The molecule has 0 spiro atoms. The highest BCUT2D eigenvalue weighted by atomic mass is 27.2. The minimum Gasteiger partial charge on any atom is -0.614 e. The lowest BCUT2D eigenvalue weighted by Crippen LogP contribution is -2.14. The van der Waals surface area contributed by atoms with Gasteiger partial charge in [0.1, 0.15) is 0 Å². The Kier molecular flexibility index (Phi) is 16.0. The van der Waals surface area contributed by atoms with E-state index in [-0.39, 0.29) is 0 Å². The quantitative estimate of drug-likeness (QED) is 0.135.